The van der Waals surface area contributed by atoms with Crippen LogP contribution in [0.5, 0.6) is 0 Å². The Balaban J connectivity index is 1.74. The van der Waals surface area contributed by atoms with Gasteiger partial charge in [-0.15, -0.1) is 10.2 Å². The Labute approximate surface area is 152 Å². The molecule has 1 aromatic carbocycles. The molecule has 1 fully saturated rings. The number of thioether (sulfide) groups is 1. The molecule has 1 unspecified atom stereocenters. The molecule has 6 nitrogen and oxygen atoms in total. The lowest BCUT2D eigenvalue weighted by Gasteiger charge is -2.27. The molecular formula is C18H24N4O2S. The number of aromatic nitrogens is 3. The molecule has 134 valence electrons. The van der Waals surface area contributed by atoms with Crippen molar-refractivity contribution < 1.29 is 9.53 Å². The lowest BCUT2D eigenvalue weighted by atomic mass is 10.1. The average molecular weight is 360 g/mol. The largest absolute Gasteiger partial charge is 0.378 e. The predicted molar refractivity (Wildman–Crippen MR) is 99.6 cm³/mol. The highest BCUT2D eigenvalue weighted by Gasteiger charge is 2.23. The van der Waals surface area contributed by atoms with E-state index >= 15 is 0 Å². The van der Waals surface area contributed by atoms with Gasteiger partial charge in [0.2, 0.25) is 5.95 Å². The number of ether oxygens (including phenoxy) is 1. The molecule has 25 heavy (non-hydrogen) atoms. The number of ketones is 1. The zero-order chi connectivity index (χ0) is 17.8. The fourth-order valence-electron chi connectivity index (χ4n) is 2.81. The van der Waals surface area contributed by atoms with Crippen molar-refractivity contribution in [3.63, 3.8) is 0 Å². The summed E-state index contributed by atoms with van der Waals surface area (Å²) in [5, 5.41) is 9.27. The van der Waals surface area contributed by atoms with Gasteiger partial charge in [-0.25, -0.2) is 0 Å². The van der Waals surface area contributed by atoms with Crippen LogP contribution in [-0.2, 0) is 11.3 Å². The number of morpholine rings is 1. The van der Waals surface area contributed by atoms with E-state index < -0.39 is 0 Å². The summed E-state index contributed by atoms with van der Waals surface area (Å²) in [5.41, 5.74) is 1.89. The van der Waals surface area contributed by atoms with E-state index in [0.29, 0.717) is 13.2 Å². The molecule has 0 aliphatic carbocycles. The minimum atomic E-state index is -0.213. The van der Waals surface area contributed by atoms with E-state index in [0.717, 1.165) is 41.9 Å². The smallest absolute Gasteiger partial charge is 0.228 e. The number of nitrogens with zero attached hydrogens (tertiary/aromatic N) is 4. The van der Waals surface area contributed by atoms with Crippen molar-refractivity contribution in [2.45, 2.75) is 37.7 Å². The lowest BCUT2D eigenvalue weighted by Crippen LogP contribution is -2.38. The Bertz CT molecular complexity index is 723. The molecule has 7 heteroatoms. The van der Waals surface area contributed by atoms with Crippen molar-refractivity contribution in [3.05, 3.63) is 35.4 Å². The van der Waals surface area contributed by atoms with Crippen molar-refractivity contribution in [1.82, 2.24) is 14.8 Å². The third kappa shape index (κ3) is 4.04. The molecule has 0 N–H and O–H groups in total. The topological polar surface area (TPSA) is 60.2 Å². The number of Topliss-reactive ketones (excluding diaryl/α,β-unsaturated/α-hetero) is 1. The quantitative estimate of drug-likeness (QED) is 0.583. The fourth-order valence-corrected chi connectivity index (χ4v) is 3.79. The molecule has 1 aliphatic rings. The second-order valence-electron chi connectivity index (χ2n) is 6.12. The van der Waals surface area contributed by atoms with Crippen LogP contribution in [0.3, 0.4) is 0 Å². The lowest BCUT2D eigenvalue weighted by molar-refractivity contribution is 0.0994. The van der Waals surface area contributed by atoms with Crippen LogP contribution in [-0.4, -0.2) is 52.1 Å². The number of benzene rings is 1. The molecule has 0 radical (unpaired) electrons. The average Bonchev–Trinajstić information content (AvgIpc) is 3.05. The van der Waals surface area contributed by atoms with Crippen molar-refractivity contribution in [2.24, 2.45) is 0 Å². The van der Waals surface area contributed by atoms with E-state index in [1.165, 1.54) is 11.8 Å². The molecular weight excluding hydrogens is 336 g/mol. The van der Waals surface area contributed by atoms with Gasteiger partial charge in [0.25, 0.3) is 0 Å². The van der Waals surface area contributed by atoms with Crippen LogP contribution in [0.1, 0.15) is 29.8 Å². The van der Waals surface area contributed by atoms with Crippen LogP contribution < -0.4 is 4.90 Å². The summed E-state index contributed by atoms with van der Waals surface area (Å²) in [7, 11) is 0. The second-order valence-corrected chi connectivity index (χ2v) is 7.42. The van der Waals surface area contributed by atoms with Crippen LogP contribution in [0.4, 0.5) is 5.95 Å². The van der Waals surface area contributed by atoms with Gasteiger partial charge in [-0.2, -0.15) is 0 Å². The summed E-state index contributed by atoms with van der Waals surface area (Å²) in [6.45, 7) is 9.85. The zero-order valence-corrected chi connectivity index (χ0v) is 15.8. The van der Waals surface area contributed by atoms with E-state index in [-0.39, 0.29) is 11.0 Å². The van der Waals surface area contributed by atoms with Crippen LogP contribution >= 0.6 is 11.8 Å². The normalized spacial score (nSPS) is 16.0. The third-order valence-electron chi connectivity index (χ3n) is 4.29. The van der Waals surface area contributed by atoms with Gasteiger partial charge in [0, 0.05) is 25.2 Å². The van der Waals surface area contributed by atoms with Gasteiger partial charge in [-0.3, -0.25) is 9.36 Å². The van der Waals surface area contributed by atoms with E-state index in [2.05, 4.69) is 26.6 Å². The molecule has 3 rings (SSSR count). The van der Waals surface area contributed by atoms with E-state index in [9.17, 15) is 4.79 Å². The Hall–Kier alpha value is -1.86. The number of hydrogen-bond donors (Lipinski definition) is 0. The molecule has 1 saturated heterocycles. The van der Waals surface area contributed by atoms with Crippen molar-refractivity contribution in [1.29, 1.82) is 0 Å². The molecule has 0 saturated carbocycles. The maximum atomic E-state index is 12.7. The van der Waals surface area contributed by atoms with Gasteiger partial charge in [0.15, 0.2) is 10.9 Å². The molecule has 1 aromatic heterocycles. The zero-order valence-electron chi connectivity index (χ0n) is 14.9. The molecule has 2 aromatic rings. The molecule has 2 heterocycles. The summed E-state index contributed by atoms with van der Waals surface area (Å²) in [6.07, 6.45) is 0. The number of carbonyl (C=O) groups is 1. The first-order valence-corrected chi connectivity index (χ1v) is 9.51. The van der Waals surface area contributed by atoms with Gasteiger partial charge in [-0.05, 0) is 20.8 Å². The van der Waals surface area contributed by atoms with Gasteiger partial charge in [0.05, 0.1) is 18.5 Å². The van der Waals surface area contributed by atoms with E-state index in [1.54, 1.807) is 0 Å². The Morgan fingerprint density at radius 2 is 1.92 bits per heavy atom. The van der Waals surface area contributed by atoms with Crippen LogP contribution in [0.2, 0.25) is 0 Å². The van der Waals surface area contributed by atoms with Crippen molar-refractivity contribution >= 4 is 23.5 Å². The highest BCUT2D eigenvalue weighted by Crippen LogP contribution is 2.27. The van der Waals surface area contributed by atoms with E-state index in [4.69, 9.17) is 4.74 Å². The first-order chi connectivity index (χ1) is 12.1. The Morgan fingerprint density at radius 1 is 1.24 bits per heavy atom. The number of hydrogen-bond acceptors (Lipinski definition) is 6. The molecule has 0 bridgehead atoms. The summed E-state index contributed by atoms with van der Waals surface area (Å²) >= 11 is 1.47. The first-order valence-electron chi connectivity index (χ1n) is 8.63. The molecule has 0 spiro atoms. The van der Waals surface area contributed by atoms with Gasteiger partial charge >= 0.3 is 0 Å². The minimum absolute atomic E-state index is 0.114. The second kappa shape index (κ2) is 8.01. The van der Waals surface area contributed by atoms with Crippen LogP contribution in [0.15, 0.2) is 29.4 Å². The highest BCUT2D eigenvalue weighted by atomic mass is 32.2. The summed E-state index contributed by atoms with van der Waals surface area (Å²) in [4.78, 5) is 14.9. The monoisotopic (exact) mass is 360 g/mol. The molecule has 1 atom stereocenters. The van der Waals surface area contributed by atoms with Crippen molar-refractivity contribution in [3.8, 4) is 0 Å². The fraction of sp³-hybridized carbons (Fsp3) is 0.500. The predicted octanol–water partition coefficient (Wildman–Crippen LogP) is 2.81. The van der Waals surface area contributed by atoms with Crippen molar-refractivity contribution in [2.75, 3.05) is 31.2 Å². The maximum Gasteiger partial charge on any atom is 0.228 e. The number of rotatable bonds is 6. The van der Waals surface area contributed by atoms with Crippen LogP contribution in [0.25, 0.3) is 0 Å². The summed E-state index contributed by atoms with van der Waals surface area (Å²) < 4.78 is 7.48. The third-order valence-corrected chi connectivity index (χ3v) is 5.38. The first kappa shape index (κ1) is 17.9. The number of carbonyl (C=O) groups excluding carboxylic acids is 1. The van der Waals surface area contributed by atoms with E-state index in [1.807, 2.05) is 38.1 Å². The van der Waals surface area contributed by atoms with Gasteiger partial charge in [-0.1, -0.05) is 41.6 Å². The van der Waals surface area contributed by atoms with Crippen LogP contribution in [0, 0.1) is 6.92 Å². The van der Waals surface area contributed by atoms with Gasteiger partial charge in [0.1, 0.15) is 0 Å². The summed E-state index contributed by atoms with van der Waals surface area (Å²) in [5.74, 6) is 0.979. The Kier molecular flexibility index (Phi) is 5.75. The number of anilines is 1. The minimum Gasteiger partial charge on any atom is -0.378 e. The summed E-state index contributed by atoms with van der Waals surface area (Å²) in [6, 6.07) is 7.71. The Morgan fingerprint density at radius 3 is 2.56 bits per heavy atom. The highest BCUT2D eigenvalue weighted by molar-refractivity contribution is 8.00. The molecule has 1 aliphatic heterocycles. The SMILES string of the molecule is CCn1c(SC(C)C(=O)c2ccc(C)cc2)nnc1N1CCOCC1. The standard InChI is InChI=1S/C18H24N4O2S/c1-4-22-17(21-9-11-24-12-10-21)19-20-18(22)25-14(3)16(23)15-7-5-13(2)6-8-15/h5-8,14H,4,9-12H2,1-3H3. The number of aryl methyl sites for hydroxylation is 1. The van der Waals surface area contributed by atoms with Gasteiger partial charge < -0.3 is 9.64 Å². The molecule has 0 amide bonds. The maximum absolute atomic E-state index is 12.7.